The van der Waals surface area contributed by atoms with E-state index in [2.05, 4.69) is 31.1 Å². The van der Waals surface area contributed by atoms with Gasteiger partial charge in [-0.3, -0.25) is 4.79 Å². The summed E-state index contributed by atoms with van der Waals surface area (Å²) in [4.78, 5) is 10.8. The fraction of sp³-hybridized carbons (Fsp3) is 0.600. The van der Waals surface area contributed by atoms with E-state index in [0.717, 1.165) is 17.0 Å². The van der Waals surface area contributed by atoms with Crippen molar-refractivity contribution in [1.82, 2.24) is 10.5 Å². The Morgan fingerprint density at radius 1 is 1.62 bits per heavy atom. The number of hydrogen-bond acceptors (Lipinski definition) is 5. The Kier molecular flexibility index (Phi) is 4.95. The number of nitrogens with one attached hydrogen (secondary N) is 1. The van der Waals surface area contributed by atoms with Gasteiger partial charge in [0, 0.05) is 18.7 Å². The van der Waals surface area contributed by atoms with Crippen molar-refractivity contribution < 1.29 is 14.1 Å². The van der Waals surface area contributed by atoms with Crippen LogP contribution in [0.1, 0.15) is 17.0 Å². The molecular weight excluding hydrogens is 276 g/mol. The van der Waals surface area contributed by atoms with Crippen LogP contribution >= 0.6 is 15.9 Å². The van der Waals surface area contributed by atoms with E-state index in [-0.39, 0.29) is 10.8 Å². The minimum Gasteiger partial charge on any atom is -0.468 e. The number of aryl methyl sites for hydroxylation is 2. The molecule has 16 heavy (non-hydrogen) atoms. The van der Waals surface area contributed by atoms with Crippen LogP contribution in [-0.4, -0.2) is 29.6 Å². The predicted molar refractivity (Wildman–Crippen MR) is 62.4 cm³/mol. The summed E-state index contributed by atoms with van der Waals surface area (Å²) in [6.07, 6.45) is 0. The molecule has 0 aliphatic heterocycles. The summed E-state index contributed by atoms with van der Waals surface area (Å²) in [5.41, 5.74) is 1.90. The van der Waals surface area contributed by atoms with E-state index < -0.39 is 0 Å². The van der Waals surface area contributed by atoms with E-state index in [1.807, 2.05) is 13.8 Å². The van der Waals surface area contributed by atoms with Crippen molar-refractivity contribution in [2.75, 3.05) is 13.7 Å². The van der Waals surface area contributed by atoms with Gasteiger partial charge in [0.15, 0.2) is 0 Å². The molecule has 0 radical (unpaired) electrons. The van der Waals surface area contributed by atoms with Gasteiger partial charge in [-0.2, -0.15) is 0 Å². The molecule has 0 aliphatic carbocycles. The molecule has 5 nitrogen and oxygen atoms in total. The largest absolute Gasteiger partial charge is 0.468 e. The van der Waals surface area contributed by atoms with E-state index in [1.165, 1.54) is 7.11 Å². The van der Waals surface area contributed by atoms with Crippen LogP contribution in [0.25, 0.3) is 0 Å². The summed E-state index contributed by atoms with van der Waals surface area (Å²) in [6.45, 7) is 4.87. The molecule has 1 aromatic heterocycles. The number of carbonyl (C=O) groups excluding carboxylic acids is 1. The lowest BCUT2D eigenvalue weighted by Crippen LogP contribution is -2.29. The van der Waals surface area contributed by atoms with Crippen molar-refractivity contribution in [1.29, 1.82) is 0 Å². The molecule has 0 saturated heterocycles. The second kappa shape index (κ2) is 6.00. The maximum atomic E-state index is 11.1. The Morgan fingerprint density at radius 3 is 2.81 bits per heavy atom. The highest BCUT2D eigenvalue weighted by Crippen LogP contribution is 2.11. The smallest absolute Gasteiger partial charge is 0.320 e. The predicted octanol–water partition coefficient (Wildman–Crippen LogP) is 1.32. The third-order valence-electron chi connectivity index (χ3n) is 2.26. The highest BCUT2D eigenvalue weighted by Gasteiger charge is 2.15. The lowest BCUT2D eigenvalue weighted by atomic mass is 10.2. The number of methoxy groups -OCH3 is 1. The Balaban J connectivity index is 2.39. The quantitative estimate of drug-likeness (QED) is 0.654. The molecule has 0 spiro atoms. The molecule has 1 atom stereocenters. The van der Waals surface area contributed by atoms with E-state index in [1.54, 1.807) is 0 Å². The zero-order chi connectivity index (χ0) is 12.1. The van der Waals surface area contributed by atoms with Crippen molar-refractivity contribution >= 4 is 21.9 Å². The minimum atomic E-state index is -0.335. The molecule has 0 aromatic carbocycles. The molecule has 90 valence electrons. The highest BCUT2D eigenvalue weighted by atomic mass is 79.9. The molecule has 1 heterocycles. The average Bonchev–Trinajstić information content (AvgIpc) is 2.59. The zero-order valence-corrected chi connectivity index (χ0v) is 11.1. The monoisotopic (exact) mass is 290 g/mol. The van der Waals surface area contributed by atoms with Crippen molar-refractivity contribution in [3.63, 3.8) is 0 Å². The SMILES string of the molecule is COC(=O)C(Br)CNCc1c(C)noc1C. The fourth-order valence-corrected chi connectivity index (χ4v) is 1.71. The maximum absolute atomic E-state index is 11.1. The van der Waals surface area contributed by atoms with Gasteiger partial charge >= 0.3 is 5.97 Å². The average molecular weight is 291 g/mol. The lowest BCUT2D eigenvalue weighted by molar-refractivity contribution is -0.139. The first-order valence-corrected chi connectivity index (χ1v) is 5.82. The van der Waals surface area contributed by atoms with Gasteiger partial charge in [0.2, 0.25) is 0 Å². The molecule has 0 fully saturated rings. The standard InChI is InChI=1S/C10H15BrN2O3/c1-6-8(7(2)16-13-6)4-12-5-9(11)10(14)15-3/h9,12H,4-5H2,1-3H3. The summed E-state index contributed by atoms with van der Waals surface area (Å²) in [7, 11) is 1.37. The van der Waals surface area contributed by atoms with Gasteiger partial charge in [-0.1, -0.05) is 21.1 Å². The summed E-state index contributed by atoms with van der Waals surface area (Å²) in [6, 6.07) is 0. The van der Waals surface area contributed by atoms with Crippen molar-refractivity contribution in [3.05, 3.63) is 17.0 Å². The molecule has 0 saturated carbocycles. The van der Waals surface area contributed by atoms with Crippen LogP contribution in [0.3, 0.4) is 0 Å². The number of esters is 1. The number of halogens is 1. The van der Waals surface area contributed by atoms with E-state index in [0.29, 0.717) is 13.1 Å². The number of aromatic nitrogens is 1. The Bertz CT molecular complexity index is 345. The molecule has 0 aliphatic rings. The van der Waals surface area contributed by atoms with E-state index >= 15 is 0 Å². The number of alkyl halides is 1. The minimum absolute atomic E-state index is 0.286. The molecule has 6 heteroatoms. The zero-order valence-electron chi connectivity index (χ0n) is 9.54. The van der Waals surface area contributed by atoms with Gasteiger partial charge in [-0.05, 0) is 13.8 Å². The van der Waals surface area contributed by atoms with Crippen molar-refractivity contribution in [3.8, 4) is 0 Å². The van der Waals surface area contributed by atoms with Crippen LogP contribution in [-0.2, 0) is 16.1 Å². The van der Waals surface area contributed by atoms with Gasteiger partial charge in [-0.15, -0.1) is 0 Å². The molecule has 0 amide bonds. The van der Waals surface area contributed by atoms with Gasteiger partial charge in [0.1, 0.15) is 10.6 Å². The topological polar surface area (TPSA) is 64.4 Å². The number of rotatable bonds is 5. The van der Waals surface area contributed by atoms with Gasteiger partial charge < -0.3 is 14.6 Å². The first-order valence-electron chi connectivity index (χ1n) is 4.90. The van der Waals surface area contributed by atoms with Gasteiger partial charge in [0.25, 0.3) is 0 Å². The second-order valence-electron chi connectivity index (χ2n) is 3.42. The number of nitrogens with zero attached hydrogens (tertiary/aromatic N) is 1. The van der Waals surface area contributed by atoms with Gasteiger partial charge in [-0.25, -0.2) is 0 Å². The Labute approximate surface area is 103 Å². The molecule has 1 N–H and O–H groups in total. The summed E-state index contributed by atoms with van der Waals surface area (Å²) in [5, 5.41) is 6.98. The number of carbonyl (C=O) groups is 1. The normalized spacial score (nSPS) is 12.5. The molecule has 0 bridgehead atoms. The number of hydrogen-bond donors (Lipinski definition) is 1. The van der Waals surface area contributed by atoms with Gasteiger partial charge in [0.05, 0.1) is 12.8 Å². The first kappa shape index (κ1) is 13.2. The summed E-state index contributed by atoms with van der Waals surface area (Å²) in [5.74, 6) is 0.514. The third-order valence-corrected chi connectivity index (χ3v) is 2.96. The van der Waals surface area contributed by atoms with Crippen LogP contribution in [0.4, 0.5) is 0 Å². The van der Waals surface area contributed by atoms with E-state index in [4.69, 9.17) is 4.52 Å². The maximum Gasteiger partial charge on any atom is 0.320 e. The molecule has 1 aromatic rings. The second-order valence-corrected chi connectivity index (χ2v) is 4.53. The van der Waals surface area contributed by atoms with E-state index in [9.17, 15) is 4.79 Å². The van der Waals surface area contributed by atoms with Crippen molar-refractivity contribution in [2.45, 2.75) is 25.2 Å². The molecule has 1 rings (SSSR count). The lowest BCUT2D eigenvalue weighted by Gasteiger charge is -2.08. The summed E-state index contributed by atoms with van der Waals surface area (Å²) < 4.78 is 9.62. The van der Waals surface area contributed by atoms with Crippen LogP contribution in [0, 0.1) is 13.8 Å². The Morgan fingerprint density at radius 2 is 2.31 bits per heavy atom. The summed E-state index contributed by atoms with van der Waals surface area (Å²) >= 11 is 3.23. The highest BCUT2D eigenvalue weighted by molar-refractivity contribution is 9.10. The van der Waals surface area contributed by atoms with Crippen LogP contribution in [0.5, 0.6) is 0 Å². The Hall–Kier alpha value is -0.880. The molecule has 1 unspecified atom stereocenters. The third kappa shape index (κ3) is 3.31. The molecular formula is C10H15BrN2O3. The fourth-order valence-electron chi connectivity index (χ4n) is 1.29. The van der Waals surface area contributed by atoms with Crippen LogP contribution in [0.15, 0.2) is 4.52 Å². The first-order chi connectivity index (χ1) is 7.56. The van der Waals surface area contributed by atoms with Crippen LogP contribution in [0.2, 0.25) is 0 Å². The number of ether oxygens (including phenoxy) is 1. The van der Waals surface area contributed by atoms with Crippen LogP contribution < -0.4 is 5.32 Å². The van der Waals surface area contributed by atoms with Crippen molar-refractivity contribution in [2.24, 2.45) is 0 Å².